The Labute approximate surface area is 140 Å². The van der Waals surface area contributed by atoms with Gasteiger partial charge in [0.25, 0.3) is 11.7 Å². The van der Waals surface area contributed by atoms with Crippen molar-refractivity contribution < 1.29 is 18.3 Å². The minimum Gasteiger partial charge on any atom is -0.486 e. The van der Waals surface area contributed by atoms with Crippen molar-refractivity contribution in [1.29, 1.82) is 0 Å². The van der Waals surface area contributed by atoms with Crippen LogP contribution in [0.5, 0.6) is 5.75 Å². The van der Waals surface area contributed by atoms with Crippen molar-refractivity contribution in [2.75, 3.05) is 18.1 Å². The zero-order valence-electron chi connectivity index (χ0n) is 13.5. The van der Waals surface area contributed by atoms with Crippen LogP contribution in [0.4, 0.5) is 14.5 Å². The van der Waals surface area contributed by atoms with Crippen LogP contribution in [-0.2, 0) is 0 Å². The third-order valence-corrected chi connectivity index (χ3v) is 3.92. The molecule has 0 atom stereocenters. The second kappa shape index (κ2) is 5.47. The topological polar surface area (TPSA) is 72.6 Å². The average Bonchev–Trinajstić information content (AvgIpc) is 3.01. The number of hydrogen-bond donors (Lipinski definition) is 0. The number of halogens is 2. The number of amides is 1. The van der Waals surface area contributed by atoms with Crippen LogP contribution in [0.2, 0.25) is 0 Å². The highest BCUT2D eigenvalue weighted by molar-refractivity contribution is 6.05. The normalized spacial score (nSPS) is 13.7. The molecule has 1 aliphatic heterocycles. The summed E-state index contributed by atoms with van der Waals surface area (Å²) in [5, 5.41) is 4.15. The first-order valence-electron chi connectivity index (χ1n) is 7.59. The van der Waals surface area contributed by atoms with Gasteiger partial charge in [-0.3, -0.25) is 9.69 Å². The largest absolute Gasteiger partial charge is 0.486 e. The number of aryl methyl sites for hydroxylation is 2. The van der Waals surface area contributed by atoms with Crippen LogP contribution in [0.15, 0.2) is 18.2 Å². The van der Waals surface area contributed by atoms with E-state index in [2.05, 4.69) is 15.1 Å². The van der Waals surface area contributed by atoms with E-state index >= 15 is 0 Å². The van der Waals surface area contributed by atoms with Crippen LogP contribution in [0.1, 0.15) is 22.0 Å². The molecule has 3 aromatic rings. The van der Waals surface area contributed by atoms with Gasteiger partial charge in [0.1, 0.15) is 12.3 Å². The predicted octanol–water partition coefficient (Wildman–Crippen LogP) is 2.06. The number of hydrogen-bond acceptors (Lipinski definition) is 5. The fourth-order valence-corrected chi connectivity index (χ4v) is 2.84. The fourth-order valence-electron chi connectivity index (χ4n) is 2.84. The molecule has 1 aromatic carbocycles. The highest BCUT2D eigenvalue weighted by Gasteiger charge is 2.32. The van der Waals surface area contributed by atoms with Crippen molar-refractivity contribution in [1.82, 2.24) is 19.6 Å². The molecular formula is C16H13F2N5O2. The maximum absolute atomic E-state index is 14.2. The molecule has 0 saturated carbocycles. The van der Waals surface area contributed by atoms with Crippen LogP contribution in [-0.4, -0.2) is 38.6 Å². The lowest BCUT2D eigenvalue weighted by molar-refractivity contribution is 0.0964. The second-order valence-corrected chi connectivity index (χ2v) is 5.70. The number of fused-ring (bicyclic) bond motifs is 2. The van der Waals surface area contributed by atoms with Crippen LogP contribution < -0.4 is 9.64 Å². The molecule has 0 saturated heterocycles. The number of carbonyl (C=O) groups is 1. The summed E-state index contributed by atoms with van der Waals surface area (Å²) >= 11 is 0. The van der Waals surface area contributed by atoms with Gasteiger partial charge in [0.2, 0.25) is 5.82 Å². The molecule has 0 radical (unpaired) electrons. The Balaban J connectivity index is 1.81. The monoisotopic (exact) mass is 345 g/mol. The summed E-state index contributed by atoms with van der Waals surface area (Å²) < 4.78 is 34.7. The molecule has 0 bridgehead atoms. The Morgan fingerprint density at radius 1 is 1.20 bits per heavy atom. The van der Waals surface area contributed by atoms with Crippen molar-refractivity contribution >= 4 is 17.4 Å². The first kappa shape index (κ1) is 15.4. The van der Waals surface area contributed by atoms with Gasteiger partial charge in [-0.1, -0.05) is 0 Å². The second-order valence-electron chi connectivity index (χ2n) is 5.70. The van der Waals surface area contributed by atoms with E-state index in [9.17, 15) is 13.6 Å². The number of ether oxygens (including phenoxy) is 1. The maximum atomic E-state index is 14.2. The summed E-state index contributed by atoms with van der Waals surface area (Å²) in [4.78, 5) is 22.2. The van der Waals surface area contributed by atoms with Crippen molar-refractivity contribution in [2.24, 2.45) is 0 Å². The van der Waals surface area contributed by atoms with Crippen molar-refractivity contribution in [3.8, 4) is 5.75 Å². The van der Waals surface area contributed by atoms with E-state index in [0.717, 1.165) is 28.4 Å². The number of nitrogens with zero attached hydrogens (tertiary/aromatic N) is 5. The average molecular weight is 345 g/mol. The van der Waals surface area contributed by atoms with E-state index < -0.39 is 17.5 Å². The van der Waals surface area contributed by atoms with Gasteiger partial charge in [-0.25, -0.2) is 18.3 Å². The summed E-state index contributed by atoms with van der Waals surface area (Å²) in [7, 11) is 0. The summed E-state index contributed by atoms with van der Waals surface area (Å²) in [5.41, 5.74) is 1.26. The molecule has 3 heterocycles. The lowest BCUT2D eigenvalue weighted by Crippen LogP contribution is -2.39. The smallest absolute Gasteiger partial charge is 0.298 e. The number of carbonyl (C=O) groups excluding carboxylic acids is 1. The molecule has 25 heavy (non-hydrogen) atoms. The van der Waals surface area contributed by atoms with Crippen LogP contribution in [0.25, 0.3) is 5.78 Å². The van der Waals surface area contributed by atoms with Gasteiger partial charge in [0, 0.05) is 11.4 Å². The van der Waals surface area contributed by atoms with E-state index in [1.54, 1.807) is 13.0 Å². The van der Waals surface area contributed by atoms with E-state index in [1.165, 1.54) is 4.52 Å². The molecule has 0 unspecified atom stereocenters. The molecule has 2 aromatic heterocycles. The first-order valence-corrected chi connectivity index (χ1v) is 7.59. The minimum absolute atomic E-state index is 0.0445. The summed E-state index contributed by atoms with van der Waals surface area (Å²) in [6.07, 6.45) is 0. The van der Waals surface area contributed by atoms with Crippen molar-refractivity contribution in [3.05, 3.63) is 47.0 Å². The highest BCUT2D eigenvalue weighted by Crippen LogP contribution is 2.37. The number of anilines is 1. The van der Waals surface area contributed by atoms with E-state index in [0.29, 0.717) is 0 Å². The number of aromatic nitrogens is 4. The third-order valence-electron chi connectivity index (χ3n) is 3.92. The van der Waals surface area contributed by atoms with Crippen LogP contribution >= 0.6 is 0 Å². The maximum Gasteiger partial charge on any atom is 0.298 e. The molecule has 0 N–H and O–H groups in total. The first-order chi connectivity index (χ1) is 12.0. The lowest BCUT2D eigenvalue weighted by Gasteiger charge is -2.29. The Hall–Kier alpha value is -3.10. The molecule has 1 aliphatic rings. The van der Waals surface area contributed by atoms with Crippen molar-refractivity contribution in [3.63, 3.8) is 0 Å². The number of benzene rings is 1. The summed E-state index contributed by atoms with van der Waals surface area (Å²) in [6.45, 7) is 3.72. The van der Waals surface area contributed by atoms with Crippen LogP contribution in [0.3, 0.4) is 0 Å². The molecule has 9 heteroatoms. The van der Waals surface area contributed by atoms with E-state index in [4.69, 9.17) is 4.74 Å². The SMILES string of the molecule is Cc1cc(C)n2nc(C(=O)N3CCOc4c(F)ccc(F)c43)nc2n1. The summed E-state index contributed by atoms with van der Waals surface area (Å²) in [5.74, 6) is -2.28. The Bertz CT molecular complexity index is 1020. The van der Waals surface area contributed by atoms with Crippen LogP contribution in [0, 0.1) is 25.5 Å². The highest BCUT2D eigenvalue weighted by atomic mass is 19.1. The van der Waals surface area contributed by atoms with Gasteiger partial charge in [-0.15, -0.1) is 5.10 Å². The molecule has 1 amide bonds. The molecule has 128 valence electrons. The van der Waals surface area contributed by atoms with E-state index in [-0.39, 0.29) is 36.2 Å². The van der Waals surface area contributed by atoms with Gasteiger partial charge in [0.05, 0.1) is 6.54 Å². The molecule has 0 aliphatic carbocycles. The summed E-state index contributed by atoms with van der Waals surface area (Å²) in [6, 6.07) is 3.71. The third kappa shape index (κ3) is 2.39. The van der Waals surface area contributed by atoms with E-state index in [1.807, 2.05) is 6.92 Å². The molecule has 4 rings (SSSR count). The zero-order chi connectivity index (χ0) is 17.7. The predicted molar refractivity (Wildman–Crippen MR) is 83.8 cm³/mol. The Morgan fingerprint density at radius 2 is 1.96 bits per heavy atom. The van der Waals surface area contributed by atoms with Gasteiger partial charge in [-0.05, 0) is 32.0 Å². The van der Waals surface area contributed by atoms with Gasteiger partial charge < -0.3 is 4.74 Å². The standard InChI is InChI=1S/C16H13F2N5O2/c1-8-7-9(2)23-16(19-8)20-14(21-23)15(24)22-5-6-25-13-11(18)4-3-10(17)12(13)22/h3-4,7H,5-6H2,1-2H3. The van der Waals surface area contributed by atoms with Gasteiger partial charge in [-0.2, -0.15) is 4.98 Å². The zero-order valence-corrected chi connectivity index (χ0v) is 13.5. The Kier molecular flexibility index (Phi) is 3.38. The molecule has 7 nitrogen and oxygen atoms in total. The fraction of sp³-hybridized carbons (Fsp3) is 0.250. The Morgan fingerprint density at radius 3 is 2.76 bits per heavy atom. The van der Waals surface area contributed by atoms with Gasteiger partial charge in [0.15, 0.2) is 17.4 Å². The molecule has 0 fully saturated rings. The molecule has 0 spiro atoms. The quantitative estimate of drug-likeness (QED) is 0.675. The van der Waals surface area contributed by atoms with Gasteiger partial charge >= 0.3 is 0 Å². The molecular weight excluding hydrogens is 332 g/mol. The van der Waals surface area contributed by atoms with Crippen molar-refractivity contribution in [2.45, 2.75) is 13.8 Å². The minimum atomic E-state index is -0.752. The lowest BCUT2D eigenvalue weighted by atomic mass is 10.2. The number of rotatable bonds is 1.